The number of ether oxygens (including phenoxy) is 2. The van der Waals surface area contributed by atoms with E-state index in [1.165, 1.54) is 13.3 Å². The van der Waals surface area contributed by atoms with Crippen molar-refractivity contribution in [1.29, 1.82) is 0 Å². The maximum atomic E-state index is 12.1. The number of aromatic amines is 1. The predicted molar refractivity (Wildman–Crippen MR) is 79.7 cm³/mol. The molecule has 7 heteroatoms. The number of carbonyl (C=O) groups excluding carboxylic acids is 2. The van der Waals surface area contributed by atoms with Crippen LogP contribution in [0.15, 0.2) is 6.20 Å². The Morgan fingerprint density at radius 2 is 2.14 bits per heavy atom. The number of carbonyl (C=O) groups is 2. The molecule has 1 N–H and O–H groups in total. The summed E-state index contributed by atoms with van der Waals surface area (Å²) in [5.41, 5.74) is -0.181. The summed E-state index contributed by atoms with van der Waals surface area (Å²) in [6.07, 6.45) is 2.94. The molecule has 0 unspecified atom stereocenters. The molecule has 7 nitrogen and oxygen atoms in total. The van der Waals surface area contributed by atoms with Gasteiger partial charge in [0, 0.05) is 19.0 Å². The number of likely N-dealkylation sites (tertiary alicyclic amines) is 1. The molecule has 0 saturated carbocycles. The summed E-state index contributed by atoms with van der Waals surface area (Å²) in [5.74, 6) is 0.326. The third-order valence-electron chi connectivity index (χ3n) is 3.46. The summed E-state index contributed by atoms with van der Waals surface area (Å²) >= 11 is 0. The third kappa shape index (κ3) is 3.99. The third-order valence-corrected chi connectivity index (χ3v) is 3.46. The standard InChI is InChI=1S/C15H23N3O4/c1-15(2,3)22-14(20)18-7-5-6-10(9-18)12-16-8-11(17-12)13(19)21-4/h8,10H,5-7,9H2,1-4H3,(H,16,17)/t10-/m1/s1. The Bertz CT molecular complexity index is 547. The van der Waals surface area contributed by atoms with Crippen LogP contribution in [0.3, 0.4) is 0 Å². The monoisotopic (exact) mass is 309 g/mol. The van der Waals surface area contributed by atoms with Gasteiger partial charge in [-0.15, -0.1) is 0 Å². The number of nitrogens with one attached hydrogen (secondary N) is 1. The van der Waals surface area contributed by atoms with E-state index >= 15 is 0 Å². The first-order valence-corrected chi connectivity index (χ1v) is 7.41. The number of nitrogens with zero attached hydrogens (tertiary/aromatic N) is 2. The Morgan fingerprint density at radius 1 is 1.41 bits per heavy atom. The number of piperidine rings is 1. The van der Waals surface area contributed by atoms with Crippen LogP contribution >= 0.6 is 0 Å². The fourth-order valence-corrected chi connectivity index (χ4v) is 2.45. The lowest BCUT2D eigenvalue weighted by Gasteiger charge is -2.33. The fraction of sp³-hybridized carbons (Fsp3) is 0.667. The van der Waals surface area contributed by atoms with Crippen molar-refractivity contribution in [3.8, 4) is 0 Å². The van der Waals surface area contributed by atoms with Gasteiger partial charge in [-0.25, -0.2) is 14.6 Å². The van der Waals surface area contributed by atoms with E-state index in [0.29, 0.717) is 24.6 Å². The van der Waals surface area contributed by atoms with Crippen molar-refractivity contribution in [2.45, 2.75) is 45.1 Å². The number of imidazole rings is 1. The summed E-state index contributed by atoms with van der Waals surface area (Å²) in [6, 6.07) is 0. The predicted octanol–water partition coefficient (Wildman–Crippen LogP) is 2.31. The highest BCUT2D eigenvalue weighted by atomic mass is 16.6. The molecule has 1 aromatic heterocycles. The number of amides is 1. The molecule has 0 spiro atoms. The molecule has 1 aliphatic heterocycles. The van der Waals surface area contributed by atoms with Crippen LogP contribution in [-0.4, -0.2) is 52.7 Å². The van der Waals surface area contributed by atoms with E-state index in [0.717, 1.165) is 12.8 Å². The Kier molecular flexibility index (Phi) is 4.73. The van der Waals surface area contributed by atoms with Gasteiger partial charge in [0.05, 0.1) is 13.3 Å². The zero-order valence-electron chi connectivity index (χ0n) is 13.5. The maximum absolute atomic E-state index is 12.1. The van der Waals surface area contributed by atoms with Crippen LogP contribution < -0.4 is 0 Å². The second-order valence-electron chi connectivity index (χ2n) is 6.44. The molecule has 2 heterocycles. The summed E-state index contributed by atoms with van der Waals surface area (Å²) in [6.45, 7) is 6.75. The zero-order valence-corrected chi connectivity index (χ0v) is 13.5. The SMILES string of the molecule is COC(=O)c1cnc([C@@H]2CCCN(C(=O)OC(C)(C)C)C2)[nH]1. The van der Waals surface area contributed by atoms with Crippen molar-refractivity contribution in [1.82, 2.24) is 14.9 Å². The molecule has 22 heavy (non-hydrogen) atoms. The van der Waals surface area contributed by atoms with Gasteiger partial charge in [-0.1, -0.05) is 0 Å². The van der Waals surface area contributed by atoms with Gasteiger partial charge in [-0.2, -0.15) is 0 Å². The average molecular weight is 309 g/mol. The van der Waals surface area contributed by atoms with E-state index in [1.807, 2.05) is 20.8 Å². The van der Waals surface area contributed by atoms with Crippen LogP contribution in [0, 0.1) is 0 Å². The lowest BCUT2D eigenvalue weighted by Crippen LogP contribution is -2.42. The van der Waals surface area contributed by atoms with Crippen molar-refractivity contribution in [2.75, 3.05) is 20.2 Å². The van der Waals surface area contributed by atoms with Crippen LogP contribution in [0.2, 0.25) is 0 Å². The average Bonchev–Trinajstić information content (AvgIpc) is 2.94. The van der Waals surface area contributed by atoms with E-state index in [1.54, 1.807) is 4.90 Å². The highest BCUT2D eigenvalue weighted by Gasteiger charge is 2.29. The molecule has 1 saturated heterocycles. The van der Waals surface area contributed by atoms with Gasteiger partial charge in [-0.05, 0) is 33.6 Å². The number of hydrogen-bond donors (Lipinski definition) is 1. The minimum atomic E-state index is -0.507. The normalized spacial score (nSPS) is 18.9. The Morgan fingerprint density at radius 3 is 2.77 bits per heavy atom. The second kappa shape index (κ2) is 6.37. The van der Waals surface area contributed by atoms with E-state index in [-0.39, 0.29) is 12.0 Å². The zero-order chi connectivity index (χ0) is 16.3. The van der Waals surface area contributed by atoms with Gasteiger partial charge in [0.1, 0.15) is 17.1 Å². The van der Waals surface area contributed by atoms with Gasteiger partial charge in [0.15, 0.2) is 0 Å². The van der Waals surface area contributed by atoms with Crippen molar-refractivity contribution in [3.63, 3.8) is 0 Å². The molecule has 0 radical (unpaired) electrons. The number of hydrogen-bond acceptors (Lipinski definition) is 5. The van der Waals surface area contributed by atoms with Crippen molar-refractivity contribution < 1.29 is 19.1 Å². The van der Waals surface area contributed by atoms with Crippen LogP contribution in [0.4, 0.5) is 4.79 Å². The first-order chi connectivity index (χ1) is 10.3. The smallest absolute Gasteiger partial charge is 0.410 e. The molecule has 1 fully saturated rings. The minimum absolute atomic E-state index is 0.0691. The second-order valence-corrected chi connectivity index (χ2v) is 6.44. The molecule has 1 aliphatic rings. The molecule has 1 atom stereocenters. The number of methoxy groups -OCH3 is 1. The maximum Gasteiger partial charge on any atom is 0.410 e. The number of aromatic nitrogens is 2. The molecule has 122 valence electrons. The minimum Gasteiger partial charge on any atom is -0.464 e. The van der Waals surface area contributed by atoms with Crippen molar-refractivity contribution in [3.05, 3.63) is 17.7 Å². The first-order valence-electron chi connectivity index (χ1n) is 7.41. The van der Waals surface area contributed by atoms with Crippen LogP contribution in [0.5, 0.6) is 0 Å². The van der Waals surface area contributed by atoms with Crippen LogP contribution in [-0.2, 0) is 9.47 Å². The lowest BCUT2D eigenvalue weighted by atomic mass is 9.98. The fourth-order valence-electron chi connectivity index (χ4n) is 2.45. The Labute approximate surface area is 130 Å². The number of rotatable bonds is 2. The van der Waals surface area contributed by atoms with Gasteiger partial charge < -0.3 is 19.4 Å². The van der Waals surface area contributed by atoms with Gasteiger partial charge in [0.25, 0.3) is 0 Å². The summed E-state index contributed by atoms with van der Waals surface area (Å²) in [7, 11) is 1.33. The van der Waals surface area contributed by atoms with Crippen molar-refractivity contribution in [2.24, 2.45) is 0 Å². The number of H-pyrrole nitrogens is 1. The Balaban J connectivity index is 2.03. The van der Waals surface area contributed by atoms with E-state index in [4.69, 9.17) is 4.74 Å². The molecular weight excluding hydrogens is 286 g/mol. The lowest BCUT2D eigenvalue weighted by molar-refractivity contribution is 0.0195. The van der Waals surface area contributed by atoms with Crippen LogP contribution in [0.25, 0.3) is 0 Å². The highest BCUT2D eigenvalue weighted by molar-refractivity contribution is 5.86. The van der Waals surface area contributed by atoms with E-state index in [2.05, 4.69) is 14.7 Å². The quantitative estimate of drug-likeness (QED) is 0.847. The van der Waals surface area contributed by atoms with E-state index < -0.39 is 11.6 Å². The van der Waals surface area contributed by atoms with Gasteiger partial charge in [-0.3, -0.25) is 0 Å². The largest absolute Gasteiger partial charge is 0.464 e. The Hall–Kier alpha value is -2.05. The topological polar surface area (TPSA) is 84.5 Å². The van der Waals surface area contributed by atoms with Crippen molar-refractivity contribution >= 4 is 12.1 Å². The molecule has 2 rings (SSSR count). The van der Waals surface area contributed by atoms with Crippen LogP contribution in [0.1, 0.15) is 55.8 Å². The van der Waals surface area contributed by atoms with E-state index in [9.17, 15) is 9.59 Å². The molecular formula is C15H23N3O4. The van der Waals surface area contributed by atoms with Gasteiger partial charge in [0.2, 0.25) is 0 Å². The molecule has 0 aliphatic carbocycles. The highest BCUT2D eigenvalue weighted by Crippen LogP contribution is 2.26. The summed E-state index contributed by atoms with van der Waals surface area (Å²) in [4.78, 5) is 32.5. The molecule has 1 aromatic rings. The molecule has 0 bridgehead atoms. The summed E-state index contributed by atoms with van der Waals surface area (Å²) in [5, 5.41) is 0. The first kappa shape index (κ1) is 16.3. The molecule has 1 amide bonds. The molecule has 0 aromatic carbocycles. The number of esters is 1. The summed E-state index contributed by atoms with van der Waals surface area (Å²) < 4.78 is 10.1. The van der Waals surface area contributed by atoms with Gasteiger partial charge >= 0.3 is 12.1 Å².